The Bertz CT molecular complexity index is 2600. The smallest absolute Gasteiger partial charge is 0.164 e. The second-order valence-corrected chi connectivity index (χ2v) is 12.2. The molecule has 8 rings (SSSR count). The molecule has 6 aromatic carbocycles. The number of hydrogen-bond donors (Lipinski definition) is 3. The molecule has 7 aromatic rings. The summed E-state index contributed by atoms with van der Waals surface area (Å²) in [7, 11) is 25.1. The van der Waals surface area contributed by atoms with Crippen molar-refractivity contribution in [1.82, 2.24) is 15.0 Å². The van der Waals surface area contributed by atoms with E-state index in [2.05, 4.69) is 10.5 Å². The first kappa shape index (κ1) is 32.7. The van der Waals surface area contributed by atoms with Gasteiger partial charge >= 0.3 is 0 Å². The molecule has 0 bridgehead atoms. The maximum absolute atomic E-state index is 10.8. The third-order valence-electron chi connectivity index (χ3n) is 9.06. The fourth-order valence-electron chi connectivity index (χ4n) is 6.35. The van der Waals surface area contributed by atoms with Gasteiger partial charge in [0.1, 0.15) is 42.8 Å². The summed E-state index contributed by atoms with van der Waals surface area (Å²) < 4.78 is 0. The second-order valence-electron chi connectivity index (χ2n) is 12.2. The fraction of sp³-hybridized carbons (Fsp3) is 0. The highest BCUT2D eigenvalue weighted by atomic mass is 16.3. The molecule has 8 radical (unpaired) electrons. The average molecular weight is 660 g/mol. The Morgan fingerprint density at radius 1 is 0.577 bits per heavy atom. The summed E-state index contributed by atoms with van der Waals surface area (Å²) in [6.45, 7) is 0. The van der Waals surface area contributed by atoms with Crippen LogP contribution in [0, 0.1) is 5.41 Å². The molecule has 11 heteroatoms. The number of rotatable bonds is 6. The number of aromatic hydroxyl groups is 1. The molecule has 0 unspecified atom stereocenters. The lowest BCUT2D eigenvalue weighted by Gasteiger charge is -2.20. The van der Waals surface area contributed by atoms with Crippen molar-refractivity contribution in [2.24, 2.45) is 5.10 Å². The minimum Gasteiger partial charge on any atom is -0.509 e. The zero-order chi connectivity index (χ0) is 35.9. The molecule has 0 amide bonds. The van der Waals surface area contributed by atoms with Crippen molar-refractivity contribution in [3.8, 4) is 51.0 Å². The van der Waals surface area contributed by atoms with E-state index in [4.69, 9.17) is 46.3 Å². The maximum Gasteiger partial charge on any atom is 0.164 e. The zero-order valence-corrected chi connectivity index (χ0v) is 27.7. The standard InChI is InChI=1S/C41H24B4N6O/c42-33-32(34(43)38(52)36(45)35(33)44)41-48-39(47-40(49-41)28-14-8-7-13-27(28)22-9-3-1-4-10-22)25-18-16-23-15-17-24-19-20-30(37(46)31(24)29(23)21-25)51-50-26-11-5-2-6-12-26/h1-21,46,50,52H/b46-37?,51-30-. The Morgan fingerprint density at radius 2 is 1.23 bits per heavy atom. The molecule has 1 heterocycles. The van der Waals surface area contributed by atoms with E-state index < -0.39 is 5.75 Å². The first-order chi connectivity index (χ1) is 25.3. The number of phenolic OH excluding ortho intramolecular Hbond substituents is 1. The van der Waals surface area contributed by atoms with Gasteiger partial charge in [0.25, 0.3) is 0 Å². The number of phenols is 1. The number of anilines is 1. The van der Waals surface area contributed by atoms with Crippen LogP contribution in [0.1, 0.15) is 11.1 Å². The number of hydrogen-bond acceptors (Lipinski definition) is 7. The van der Waals surface area contributed by atoms with E-state index in [1.54, 1.807) is 0 Å². The van der Waals surface area contributed by atoms with E-state index in [1.165, 1.54) is 0 Å². The summed E-state index contributed by atoms with van der Waals surface area (Å²) in [6, 6.07) is 37.1. The van der Waals surface area contributed by atoms with E-state index in [0.29, 0.717) is 22.9 Å². The van der Waals surface area contributed by atoms with Crippen molar-refractivity contribution in [1.29, 1.82) is 5.41 Å². The highest BCUT2D eigenvalue weighted by Gasteiger charge is 2.23. The van der Waals surface area contributed by atoms with Gasteiger partial charge < -0.3 is 5.11 Å². The van der Waals surface area contributed by atoms with Gasteiger partial charge in [0.05, 0.1) is 11.4 Å². The van der Waals surface area contributed by atoms with Gasteiger partial charge in [0, 0.05) is 22.3 Å². The SMILES string of the molecule is [B]c1c([B])c(O)c([B])c(-c2nc(-c3ccc4ccc5c(c4c3)C(=N)/C(=N\Nc3ccccc3)C=C5)nc(-c3ccccc3-c3ccccc3)n2)c1[B]. The Hall–Kier alpha value is -6.47. The topological polar surface area (TPSA) is 107 Å². The second kappa shape index (κ2) is 13.3. The molecule has 0 aliphatic heterocycles. The summed E-state index contributed by atoms with van der Waals surface area (Å²) in [5.74, 6) is 0.360. The minimum absolute atomic E-state index is 0.0296. The summed E-state index contributed by atoms with van der Waals surface area (Å²) in [6.07, 6.45) is 3.78. The number of nitrogens with one attached hydrogen (secondary N) is 2. The van der Waals surface area contributed by atoms with Gasteiger partial charge in [-0.15, -0.1) is 5.46 Å². The van der Waals surface area contributed by atoms with Crippen LogP contribution in [-0.2, 0) is 0 Å². The Labute approximate surface area is 305 Å². The largest absolute Gasteiger partial charge is 0.509 e. The molecule has 1 aliphatic rings. The summed E-state index contributed by atoms with van der Waals surface area (Å²) >= 11 is 0. The van der Waals surface area contributed by atoms with Crippen molar-refractivity contribution in [3.63, 3.8) is 0 Å². The predicted octanol–water partition coefficient (Wildman–Crippen LogP) is 4.44. The fourth-order valence-corrected chi connectivity index (χ4v) is 6.35. The van der Waals surface area contributed by atoms with Gasteiger partial charge in [-0.05, 0) is 57.2 Å². The quantitative estimate of drug-likeness (QED) is 0.181. The normalized spacial score (nSPS) is 13.0. The van der Waals surface area contributed by atoms with E-state index in [9.17, 15) is 10.5 Å². The molecule has 0 atom stereocenters. The number of hydrazone groups is 1. The predicted molar refractivity (Wildman–Crippen MR) is 216 cm³/mol. The molecule has 0 saturated carbocycles. The first-order valence-corrected chi connectivity index (χ1v) is 16.4. The molecule has 236 valence electrons. The van der Waals surface area contributed by atoms with Gasteiger partial charge in [-0.25, -0.2) is 15.0 Å². The van der Waals surface area contributed by atoms with Crippen LogP contribution in [-0.4, -0.2) is 62.9 Å². The maximum atomic E-state index is 10.8. The van der Waals surface area contributed by atoms with E-state index in [0.717, 1.165) is 44.3 Å². The Kier molecular flexibility index (Phi) is 8.39. The van der Waals surface area contributed by atoms with Crippen LogP contribution in [0.15, 0.2) is 126 Å². The highest BCUT2D eigenvalue weighted by Crippen LogP contribution is 2.34. The lowest BCUT2D eigenvalue weighted by atomic mass is 9.66. The van der Waals surface area contributed by atoms with Gasteiger partial charge in [-0.2, -0.15) is 5.10 Å². The van der Waals surface area contributed by atoms with Gasteiger partial charge in [0.2, 0.25) is 0 Å². The minimum atomic E-state index is -0.405. The van der Waals surface area contributed by atoms with Crippen LogP contribution in [0.5, 0.6) is 5.75 Å². The molecule has 3 N–H and O–H groups in total. The zero-order valence-electron chi connectivity index (χ0n) is 27.7. The Morgan fingerprint density at radius 3 is 2.00 bits per heavy atom. The van der Waals surface area contributed by atoms with Crippen molar-refractivity contribution >= 4 is 87.2 Å². The Balaban J connectivity index is 1.32. The number of allylic oxidation sites excluding steroid dienone is 1. The third kappa shape index (κ3) is 5.80. The molecular formula is C41H24B4N6O. The first-order valence-electron chi connectivity index (χ1n) is 16.4. The van der Waals surface area contributed by atoms with Crippen LogP contribution in [0.3, 0.4) is 0 Å². The molecule has 0 fully saturated rings. The van der Waals surface area contributed by atoms with Crippen molar-refractivity contribution in [2.75, 3.05) is 5.43 Å². The molecule has 0 saturated heterocycles. The van der Waals surface area contributed by atoms with Crippen molar-refractivity contribution < 1.29 is 5.11 Å². The lowest BCUT2D eigenvalue weighted by molar-refractivity contribution is 0.484. The number of para-hydroxylation sites is 1. The number of aromatic nitrogens is 3. The van der Waals surface area contributed by atoms with Crippen LogP contribution < -0.4 is 27.3 Å². The van der Waals surface area contributed by atoms with E-state index in [-0.39, 0.29) is 39.0 Å². The number of nitrogens with zero attached hydrogens (tertiary/aromatic N) is 4. The van der Waals surface area contributed by atoms with Crippen molar-refractivity contribution in [3.05, 3.63) is 132 Å². The monoisotopic (exact) mass is 660 g/mol. The molecule has 52 heavy (non-hydrogen) atoms. The van der Waals surface area contributed by atoms with Gasteiger partial charge in [0.15, 0.2) is 17.5 Å². The summed E-state index contributed by atoms with van der Waals surface area (Å²) in [5.41, 5.74) is 9.41. The third-order valence-corrected chi connectivity index (χ3v) is 9.06. The van der Waals surface area contributed by atoms with Gasteiger partial charge in [-0.3, -0.25) is 10.8 Å². The molecule has 1 aliphatic carbocycles. The average Bonchev–Trinajstić information content (AvgIpc) is 3.19. The van der Waals surface area contributed by atoms with Crippen LogP contribution in [0.4, 0.5) is 5.69 Å². The number of fused-ring (bicyclic) bond motifs is 3. The molecule has 1 aromatic heterocycles. The highest BCUT2D eigenvalue weighted by molar-refractivity contribution is 6.62. The van der Waals surface area contributed by atoms with Crippen LogP contribution >= 0.6 is 0 Å². The summed E-state index contributed by atoms with van der Waals surface area (Å²) in [5, 5.41) is 26.3. The molecular weight excluding hydrogens is 636 g/mol. The molecule has 0 spiro atoms. The summed E-state index contributed by atoms with van der Waals surface area (Å²) in [4.78, 5) is 14.7. The van der Waals surface area contributed by atoms with Gasteiger partial charge in [-0.1, -0.05) is 114 Å². The lowest BCUT2D eigenvalue weighted by Crippen LogP contribution is -2.44. The van der Waals surface area contributed by atoms with Crippen LogP contribution in [0.2, 0.25) is 0 Å². The van der Waals surface area contributed by atoms with E-state index in [1.807, 2.05) is 127 Å². The van der Waals surface area contributed by atoms with Crippen LogP contribution in [0.25, 0.3) is 62.1 Å². The molecule has 7 nitrogen and oxygen atoms in total. The van der Waals surface area contributed by atoms with Crippen molar-refractivity contribution in [2.45, 2.75) is 0 Å². The van der Waals surface area contributed by atoms with E-state index >= 15 is 0 Å². The number of benzene rings is 6.